The molecule has 0 aliphatic rings. The fourth-order valence-electron chi connectivity index (χ4n) is 1.16. The molecule has 4 heteroatoms. The molecule has 0 fully saturated rings. The summed E-state index contributed by atoms with van der Waals surface area (Å²) in [4.78, 5) is 15.5. The summed E-state index contributed by atoms with van der Waals surface area (Å²) in [6, 6.07) is 6.97. The molecule has 0 amide bonds. The van der Waals surface area contributed by atoms with Gasteiger partial charge in [-0.15, -0.1) is 0 Å². The zero-order chi connectivity index (χ0) is 9.97. The molecule has 0 unspecified atom stereocenters. The lowest BCUT2D eigenvalue weighted by Crippen LogP contribution is -2.16. The van der Waals surface area contributed by atoms with Crippen LogP contribution in [0.2, 0.25) is 0 Å². The first-order valence-electron chi connectivity index (χ1n) is 4.06. The third kappa shape index (κ3) is 1.75. The second-order valence-corrected chi connectivity index (χ2v) is 3.68. The lowest BCUT2D eigenvalue weighted by molar-refractivity contribution is 0.975. The first kappa shape index (κ1) is 9.15. The third-order valence-electron chi connectivity index (χ3n) is 1.81. The Morgan fingerprint density at radius 1 is 1.36 bits per heavy atom. The molecule has 3 nitrogen and oxygen atoms in total. The van der Waals surface area contributed by atoms with Crippen molar-refractivity contribution < 1.29 is 0 Å². The molecule has 0 saturated carbocycles. The summed E-state index contributed by atoms with van der Waals surface area (Å²) < 4.78 is 2.32. The van der Waals surface area contributed by atoms with Crippen molar-refractivity contribution in [3.8, 4) is 5.69 Å². The van der Waals surface area contributed by atoms with Crippen molar-refractivity contribution in [1.29, 1.82) is 0 Å². The lowest BCUT2D eigenvalue weighted by atomic mass is 10.4. The monoisotopic (exact) mass is 250 g/mol. The van der Waals surface area contributed by atoms with Crippen LogP contribution in [-0.2, 0) is 0 Å². The van der Waals surface area contributed by atoms with E-state index in [1.807, 2.05) is 12.1 Å². The number of rotatable bonds is 1. The topological polar surface area (TPSA) is 34.9 Å². The Morgan fingerprint density at radius 3 is 2.86 bits per heavy atom. The van der Waals surface area contributed by atoms with E-state index in [9.17, 15) is 4.79 Å². The van der Waals surface area contributed by atoms with Crippen LogP contribution in [0, 0.1) is 0 Å². The molecule has 2 heterocycles. The van der Waals surface area contributed by atoms with E-state index in [1.165, 1.54) is 10.6 Å². The van der Waals surface area contributed by atoms with Gasteiger partial charge in [0.1, 0.15) is 0 Å². The van der Waals surface area contributed by atoms with E-state index in [-0.39, 0.29) is 5.56 Å². The van der Waals surface area contributed by atoms with Crippen molar-refractivity contribution in [3.63, 3.8) is 0 Å². The van der Waals surface area contributed by atoms with Crippen LogP contribution >= 0.6 is 15.9 Å². The molecule has 2 aromatic heterocycles. The first-order chi connectivity index (χ1) is 6.77. The largest absolute Gasteiger partial charge is 0.283 e. The summed E-state index contributed by atoms with van der Waals surface area (Å²) in [7, 11) is 0. The highest BCUT2D eigenvalue weighted by atomic mass is 79.9. The van der Waals surface area contributed by atoms with E-state index >= 15 is 0 Å². The first-order valence-corrected chi connectivity index (χ1v) is 4.85. The standard InChI is InChI=1S/C10H7BrN2O/c11-8-3-5-13(10(14)6-8)9-2-1-4-12-7-9/h1-7H. The van der Waals surface area contributed by atoms with Gasteiger partial charge in [0.25, 0.3) is 5.56 Å². The Bertz CT molecular complexity index is 493. The van der Waals surface area contributed by atoms with Crippen LogP contribution in [0.4, 0.5) is 0 Å². The van der Waals surface area contributed by atoms with Crippen LogP contribution in [0.15, 0.2) is 52.1 Å². The van der Waals surface area contributed by atoms with Gasteiger partial charge >= 0.3 is 0 Å². The van der Waals surface area contributed by atoms with Crippen molar-refractivity contribution in [2.24, 2.45) is 0 Å². The molecule has 0 aliphatic heterocycles. The van der Waals surface area contributed by atoms with Gasteiger partial charge in [-0.3, -0.25) is 14.3 Å². The summed E-state index contributed by atoms with van der Waals surface area (Å²) in [5.74, 6) is 0. The van der Waals surface area contributed by atoms with Crippen LogP contribution in [0.5, 0.6) is 0 Å². The number of nitrogens with zero attached hydrogens (tertiary/aromatic N) is 2. The molecule has 2 aromatic rings. The molecule has 0 aliphatic carbocycles. The van der Waals surface area contributed by atoms with Crippen molar-refractivity contribution in [2.75, 3.05) is 0 Å². The van der Waals surface area contributed by atoms with Crippen LogP contribution in [0.25, 0.3) is 5.69 Å². The molecule has 70 valence electrons. The predicted molar refractivity (Wildman–Crippen MR) is 57.5 cm³/mol. The van der Waals surface area contributed by atoms with Crippen LogP contribution in [0.1, 0.15) is 0 Å². The molecular weight excluding hydrogens is 244 g/mol. The van der Waals surface area contributed by atoms with E-state index in [0.29, 0.717) is 0 Å². The number of hydrogen-bond acceptors (Lipinski definition) is 2. The van der Waals surface area contributed by atoms with Gasteiger partial charge in [0.2, 0.25) is 0 Å². The van der Waals surface area contributed by atoms with E-state index in [4.69, 9.17) is 0 Å². The van der Waals surface area contributed by atoms with Crippen molar-refractivity contribution in [2.45, 2.75) is 0 Å². The molecule has 14 heavy (non-hydrogen) atoms. The van der Waals surface area contributed by atoms with Gasteiger partial charge in [-0.2, -0.15) is 0 Å². The van der Waals surface area contributed by atoms with E-state index in [1.54, 1.807) is 24.7 Å². The molecular formula is C10H7BrN2O. The van der Waals surface area contributed by atoms with Gasteiger partial charge in [-0.1, -0.05) is 15.9 Å². The van der Waals surface area contributed by atoms with Gasteiger partial charge in [0, 0.05) is 22.9 Å². The molecule has 0 bridgehead atoms. The smallest absolute Gasteiger partial charge is 0.256 e. The SMILES string of the molecule is O=c1cc(Br)ccn1-c1cccnc1. The Balaban J connectivity index is 2.59. The Labute approximate surface area is 89.2 Å². The molecule has 0 spiro atoms. The zero-order valence-corrected chi connectivity index (χ0v) is 8.81. The summed E-state index contributed by atoms with van der Waals surface area (Å²) >= 11 is 3.24. The number of hydrogen-bond donors (Lipinski definition) is 0. The maximum absolute atomic E-state index is 11.5. The Kier molecular flexibility index (Phi) is 2.45. The summed E-state index contributed by atoms with van der Waals surface area (Å²) in [5.41, 5.74) is 0.692. The average Bonchev–Trinajstić information content (AvgIpc) is 2.19. The second kappa shape index (κ2) is 3.75. The molecule has 0 atom stereocenters. The van der Waals surface area contributed by atoms with Gasteiger partial charge in [-0.05, 0) is 18.2 Å². The quantitative estimate of drug-likeness (QED) is 0.776. The van der Waals surface area contributed by atoms with Crippen molar-refractivity contribution >= 4 is 15.9 Å². The maximum Gasteiger partial charge on any atom is 0.256 e. The van der Waals surface area contributed by atoms with Gasteiger partial charge in [-0.25, -0.2) is 0 Å². The highest BCUT2D eigenvalue weighted by Crippen LogP contribution is 2.07. The second-order valence-electron chi connectivity index (χ2n) is 2.76. The maximum atomic E-state index is 11.5. The lowest BCUT2D eigenvalue weighted by Gasteiger charge is -2.03. The van der Waals surface area contributed by atoms with Crippen LogP contribution in [-0.4, -0.2) is 9.55 Å². The number of aromatic nitrogens is 2. The molecule has 0 aromatic carbocycles. The third-order valence-corrected chi connectivity index (χ3v) is 2.30. The van der Waals surface area contributed by atoms with E-state index in [2.05, 4.69) is 20.9 Å². The highest BCUT2D eigenvalue weighted by molar-refractivity contribution is 9.10. The molecule has 0 radical (unpaired) electrons. The molecule has 2 rings (SSSR count). The van der Waals surface area contributed by atoms with E-state index < -0.39 is 0 Å². The fourth-order valence-corrected chi connectivity index (χ4v) is 1.48. The molecule has 0 saturated heterocycles. The van der Waals surface area contributed by atoms with Crippen LogP contribution in [0.3, 0.4) is 0 Å². The summed E-state index contributed by atoms with van der Waals surface area (Å²) in [6.07, 6.45) is 5.03. The fraction of sp³-hybridized carbons (Fsp3) is 0. The predicted octanol–water partition coefficient (Wildman–Crippen LogP) is 1.99. The minimum atomic E-state index is -0.0765. The zero-order valence-electron chi connectivity index (χ0n) is 7.22. The number of halogens is 1. The number of pyridine rings is 2. The normalized spacial score (nSPS) is 10.1. The van der Waals surface area contributed by atoms with Crippen molar-refractivity contribution in [1.82, 2.24) is 9.55 Å². The van der Waals surface area contributed by atoms with Crippen LogP contribution < -0.4 is 5.56 Å². The minimum Gasteiger partial charge on any atom is -0.283 e. The highest BCUT2D eigenvalue weighted by Gasteiger charge is 1.98. The Morgan fingerprint density at radius 2 is 2.21 bits per heavy atom. The van der Waals surface area contributed by atoms with Gasteiger partial charge < -0.3 is 0 Å². The van der Waals surface area contributed by atoms with Gasteiger partial charge in [0.05, 0.1) is 11.9 Å². The molecule has 0 N–H and O–H groups in total. The van der Waals surface area contributed by atoms with Crippen molar-refractivity contribution in [3.05, 3.63) is 57.7 Å². The van der Waals surface area contributed by atoms with Gasteiger partial charge in [0.15, 0.2) is 0 Å². The average molecular weight is 251 g/mol. The van der Waals surface area contributed by atoms with E-state index in [0.717, 1.165) is 10.2 Å². The summed E-state index contributed by atoms with van der Waals surface area (Å²) in [5, 5.41) is 0. The Hall–Kier alpha value is -1.42. The summed E-state index contributed by atoms with van der Waals surface area (Å²) in [6.45, 7) is 0. The minimum absolute atomic E-state index is 0.0765.